The van der Waals surface area contributed by atoms with Crippen molar-refractivity contribution < 1.29 is 150 Å². The molecule has 3 rings (SSSR count). The Hall–Kier alpha value is 2.56. The van der Waals surface area contributed by atoms with Crippen LogP contribution in [0.5, 0.6) is 0 Å². The summed E-state index contributed by atoms with van der Waals surface area (Å²) in [5.41, 5.74) is 0. The summed E-state index contributed by atoms with van der Waals surface area (Å²) >= 11 is 1.75. The fraction of sp³-hybridized carbons (Fsp3) is 0.912. The molecule has 1 N–H and O–H groups in total. The first-order chi connectivity index (χ1) is 23.6. The van der Waals surface area contributed by atoms with E-state index in [1.807, 2.05) is 12.5 Å². The van der Waals surface area contributed by atoms with Crippen LogP contribution in [0.1, 0.15) is 77.0 Å². The van der Waals surface area contributed by atoms with Crippen molar-refractivity contribution in [2.45, 2.75) is 77.0 Å². The molecule has 3 saturated carbocycles. The first-order valence-electron chi connectivity index (χ1n) is 17.2. The van der Waals surface area contributed by atoms with Crippen LogP contribution >= 0.6 is 22.4 Å². The second kappa shape index (κ2) is 39.4. The van der Waals surface area contributed by atoms with Gasteiger partial charge in [-0.3, -0.25) is 18.6 Å². The van der Waals surface area contributed by atoms with Crippen LogP contribution in [-0.4, -0.2) is 122 Å². The number of halogens is 4. The van der Waals surface area contributed by atoms with Crippen molar-refractivity contribution in [1.29, 1.82) is 0 Å². The van der Waals surface area contributed by atoms with E-state index in [4.69, 9.17) is 14.0 Å². The Morgan fingerprint density at radius 3 is 1.15 bits per heavy atom. The molecule has 328 valence electrons. The molecule has 55 heavy (non-hydrogen) atoms. The molecule has 0 aromatic heterocycles. The van der Waals surface area contributed by atoms with E-state index in [1.165, 1.54) is 38.6 Å². The fourth-order valence-corrected chi connectivity index (χ4v) is 9.19. The summed E-state index contributed by atoms with van der Waals surface area (Å²) in [5, 5.41) is 8.81. The first kappa shape index (κ1) is 69.3. The average molecular weight is 1090 g/mol. The minimum absolute atomic E-state index is 0. The maximum absolute atomic E-state index is 11.3. The normalized spacial score (nSPS) is 23.0. The summed E-state index contributed by atoms with van der Waals surface area (Å²) < 4.78 is 54.6. The molecule has 0 radical (unpaired) electrons. The number of hydrogen-bond donors (Lipinski definition) is 1. The molecular weight excluding hydrogens is 1020 g/mol. The number of thioether (sulfide) groups is 1. The van der Waals surface area contributed by atoms with Crippen LogP contribution in [0.3, 0.4) is 0 Å². The van der Waals surface area contributed by atoms with Crippen LogP contribution in [0.4, 0.5) is 0 Å². The summed E-state index contributed by atoms with van der Waals surface area (Å²) in [6.45, 7) is 0.229. The number of esters is 2. The van der Waals surface area contributed by atoms with Crippen LogP contribution in [-0.2, 0) is 69.0 Å². The maximum atomic E-state index is 11.3. The van der Waals surface area contributed by atoms with Crippen molar-refractivity contribution in [3.63, 3.8) is 0 Å². The zero-order valence-corrected chi connectivity index (χ0v) is 46.5. The van der Waals surface area contributed by atoms with Crippen LogP contribution in [0, 0.1) is 47.9 Å². The van der Waals surface area contributed by atoms with Gasteiger partial charge in [-0.25, -0.2) is 8.42 Å². The van der Waals surface area contributed by atoms with E-state index in [9.17, 15) is 31.2 Å². The molecule has 11 nitrogen and oxygen atoms in total. The van der Waals surface area contributed by atoms with Gasteiger partial charge in [-0.05, 0) is 117 Å². The standard InChI is InChI=1S/C11H21O2S.C10H18O5S.C10H18O2S.C2H6S.CH3ClO2S.ClH2.ClH.HI.K/c1-13-11(12)10-6-4-9(5-7-10)8-14(2)3;1-14-10(11)9-5-3-8(4-6-9)7-15-16(2,12)13;1-13(2)7-8-3-5-9(6-4-8)10(11)12;1-3-2;1-5(2,3)4;;;;/h9-10H,4-8H2,1-3H3;8-9H,3-7H2,1-2H3;8-9H,3-7H2,1-2H3;1-2H3;1H3;1H2;2*1H;/q+1;;;;;+1;;;+1/p-1. The van der Waals surface area contributed by atoms with Gasteiger partial charge in [-0.15, -0.1) is 0 Å². The molecule has 0 aliphatic heterocycles. The molecular formula is C34H69Cl3IKO11S5+2. The summed E-state index contributed by atoms with van der Waals surface area (Å²) in [5.74, 6) is 3.88. The minimum Gasteiger partial charge on any atom is -1.00 e. The van der Waals surface area contributed by atoms with Crippen LogP contribution in [0.2, 0.25) is 0 Å². The summed E-state index contributed by atoms with van der Waals surface area (Å²) in [6.07, 6.45) is 26.9. The molecule has 0 unspecified atom stereocenters. The number of rotatable bonds is 10. The third-order valence-electron chi connectivity index (χ3n) is 8.61. The molecule has 0 saturated heterocycles. The summed E-state index contributed by atoms with van der Waals surface area (Å²) in [7, 11) is 1.90. The zero-order valence-electron chi connectivity index (χ0n) is 34.7. The Morgan fingerprint density at radius 2 is 0.927 bits per heavy atom. The van der Waals surface area contributed by atoms with Crippen LogP contribution in [0.15, 0.2) is 0 Å². The molecule has 3 fully saturated rings. The zero-order chi connectivity index (χ0) is 39.8. The number of carboxylic acid groups (broad SMARTS) is 1. The molecule has 0 aromatic carbocycles. The number of hydrogen-bond acceptors (Lipinski definition) is 11. The van der Waals surface area contributed by atoms with Crippen molar-refractivity contribution in [1.82, 2.24) is 0 Å². The van der Waals surface area contributed by atoms with Crippen LogP contribution < -0.4 is 87.8 Å². The van der Waals surface area contributed by atoms with E-state index in [0.717, 1.165) is 88.6 Å². The molecule has 0 aromatic rings. The SMILES string of the molecule is COC(=O)C1CCC(COS(C)(=O)=O)CC1.COC(=O)C1CCC(C[S+](C)C)CC1.CS(=O)(=O)Cl.CSC.C[S+](C)CC1CCC(C(=O)O)CC1.[Cl-].[ClH2+].[I-].[K+]. The number of methoxy groups -OCH3 is 2. The van der Waals surface area contributed by atoms with Gasteiger partial charge in [0.15, 0.2) is 0 Å². The van der Waals surface area contributed by atoms with E-state index in [1.54, 1.807) is 11.8 Å². The molecule has 3 aliphatic carbocycles. The Morgan fingerprint density at radius 1 is 0.673 bits per heavy atom. The second-order valence-corrected chi connectivity index (χ2v) is 24.0. The van der Waals surface area contributed by atoms with E-state index in [-0.39, 0.29) is 142 Å². The van der Waals surface area contributed by atoms with Gasteiger partial charge in [0.25, 0.3) is 10.1 Å². The molecule has 21 heteroatoms. The molecule has 0 atom stereocenters. The van der Waals surface area contributed by atoms with Gasteiger partial charge in [-0.2, -0.15) is 20.2 Å². The fourth-order valence-electron chi connectivity index (χ4n) is 6.20. The second-order valence-electron chi connectivity index (χ2n) is 13.9. The van der Waals surface area contributed by atoms with Crippen LogP contribution in [0.25, 0.3) is 0 Å². The summed E-state index contributed by atoms with van der Waals surface area (Å²) in [6, 6.07) is 0. The number of carbonyl (C=O) groups is 3. The predicted molar refractivity (Wildman–Crippen MR) is 220 cm³/mol. The molecule has 0 amide bonds. The number of carbonyl (C=O) groups excluding carboxylic acids is 2. The van der Waals surface area contributed by atoms with Crippen molar-refractivity contribution in [2.75, 3.05) is 82.4 Å². The van der Waals surface area contributed by atoms with Gasteiger partial charge in [0.2, 0.25) is 9.05 Å². The van der Waals surface area contributed by atoms with Gasteiger partial charge in [0, 0.05) is 22.5 Å². The van der Waals surface area contributed by atoms with E-state index >= 15 is 0 Å². The van der Waals surface area contributed by atoms with Gasteiger partial charge >= 0.3 is 69.3 Å². The topological polar surface area (TPSA) is 167 Å². The Balaban J connectivity index is -0.000000145. The van der Waals surface area contributed by atoms with Crippen molar-refractivity contribution in [3.05, 3.63) is 0 Å². The Bertz CT molecular complexity index is 1180. The average Bonchev–Trinajstić information content (AvgIpc) is 3.03. The van der Waals surface area contributed by atoms with E-state index in [0.29, 0.717) is 21.8 Å². The Labute approximate surface area is 420 Å². The summed E-state index contributed by atoms with van der Waals surface area (Å²) in [4.78, 5) is 33.2. The number of aliphatic carboxylic acids is 1. The van der Waals surface area contributed by atoms with E-state index in [2.05, 4.69) is 40.4 Å². The predicted octanol–water partition coefficient (Wildman–Crippen LogP) is -3.82. The quantitative estimate of drug-likeness (QED) is 0.0568. The van der Waals surface area contributed by atoms with Crippen molar-refractivity contribution in [2.24, 2.45) is 35.5 Å². The molecule has 0 spiro atoms. The van der Waals surface area contributed by atoms with Gasteiger partial charge in [0.1, 0.15) is 11.5 Å². The maximum Gasteiger partial charge on any atom is 1.00 e. The number of carboxylic acids is 1. The largest absolute Gasteiger partial charge is 1.00 e. The van der Waals surface area contributed by atoms with Crippen molar-refractivity contribution in [3.8, 4) is 0 Å². The number of ether oxygens (including phenoxy) is 2. The first-order valence-corrected chi connectivity index (χ1v) is 27.8. The van der Waals surface area contributed by atoms with Crippen molar-refractivity contribution >= 4 is 81.3 Å². The van der Waals surface area contributed by atoms with Gasteiger partial charge in [0.05, 0.1) is 88.5 Å². The monoisotopic (exact) mass is 1080 g/mol. The Kier molecular flexibility index (Phi) is 49.6. The van der Waals surface area contributed by atoms with Gasteiger partial charge < -0.3 is 51.0 Å². The molecule has 3 aliphatic rings. The molecule has 0 bridgehead atoms. The third-order valence-corrected chi connectivity index (χ3v) is 11.5. The van der Waals surface area contributed by atoms with E-state index < -0.39 is 25.1 Å². The molecule has 0 heterocycles. The smallest absolute Gasteiger partial charge is 1.00 e. The minimum atomic E-state index is -3.35. The van der Waals surface area contributed by atoms with Gasteiger partial charge in [-0.1, -0.05) is 0 Å². The third kappa shape index (κ3) is 43.0.